The second-order valence-electron chi connectivity index (χ2n) is 3.47. The Labute approximate surface area is 109 Å². The molecule has 0 aromatic carbocycles. The lowest BCUT2D eigenvalue weighted by Gasteiger charge is -2.05. The summed E-state index contributed by atoms with van der Waals surface area (Å²) in [6.07, 6.45) is 3.22. The first kappa shape index (κ1) is 12.4. The van der Waals surface area contributed by atoms with Crippen LogP contribution in [0.3, 0.4) is 0 Å². The van der Waals surface area contributed by atoms with Crippen molar-refractivity contribution in [2.24, 2.45) is 0 Å². The SMILES string of the molecule is COC(=O)c1ccc(CNc2cnccc2Cl)o1. The minimum absolute atomic E-state index is 0.173. The van der Waals surface area contributed by atoms with E-state index in [1.165, 1.54) is 7.11 Å². The van der Waals surface area contributed by atoms with Gasteiger partial charge in [0.25, 0.3) is 0 Å². The first-order valence-corrected chi connectivity index (χ1v) is 5.59. The minimum Gasteiger partial charge on any atom is -0.463 e. The molecule has 0 aliphatic rings. The van der Waals surface area contributed by atoms with Gasteiger partial charge in [-0.05, 0) is 18.2 Å². The maximum absolute atomic E-state index is 11.2. The van der Waals surface area contributed by atoms with Crippen molar-refractivity contribution in [2.45, 2.75) is 6.54 Å². The van der Waals surface area contributed by atoms with Crippen LogP contribution in [0.2, 0.25) is 5.02 Å². The van der Waals surface area contributed by atoms with Gasteiger partial charge in [-0.15, -0.1) is 0 Å². The third kappa shape index (κ3) is 2.81. The van der Waals surface area contributed by atoms with Crippen molar-refractivity contribution in [1.82, 2.24) is 4.98 Å². The standard InChI is InChI=1S/C12H11ClN2O3/c1-17-12(16)11-3-2-8(18-11)6-15-10-7-14-5-4-9(10)13/h2-5,7,15H,6H2,1H3. The van der Waals surface area contributed by atoms with E-state index in [1.54, 1.807) is 30.6 Å². The fourth-order valence-electron chi connectivity index (χ4n) is 1.37. The number of nitrogens with zero attached hydrogens (tertiary/aromatic N) is 1. The van der Waals surface area contributed by atoms with Gasteiger partial charge in [-0.3, -0.25) is 4.98 Å². The molecule has 0 spiro atoms. The number of carbonyl (C=O) groups excluding carboxylic acids is 1. The van der Waals surface area contributed by atoms with E-state index >= 15 is 0 Å². The second-order valence-corrected chi connectivity index (χ2v) is 3.87. The number of anilines is 1. The van der Waals surface area contributed by atoms with Crippen LogP contribution in [0.5, 0.6) is 0 Å². The summed E-state index contributed by atoms with van der Waals surface area (Å²) in [4.78, 5) is 15.1. The number of methoxy groups -OCH3 is 1. The molecule has 2 aromatic heterocycles. The number of nitrogens with one attached hydrogen (secondary N) is 1. The van der Waals surface area contributed by atoms with Crippen molar-refractivity contribution < 1.29 is 13.9 Å². The van der Waals surface area contributed by atoms with Crippen molar-refractivity contribution in [2.75, 3.05) is 12.4 Å². The molecular weight excluding hydrogens is 256 g/mol. The zero-order valence-corrected chi connectivity index (χ0v) is 10.4. The van der Waals surface area contributed by atoms with E-state index in [2.05, 4.69) is 15.0 Å². The largest absolute Gasteiger partial charge is 0.463 e. The van der Waals surface area contributed by atoms with Crippen LogP contribution in [0.4, 0.5) is 5.69 Å². The van der Waals surface area contributed by atoms with E-state index in [-0.39, 0.29) is 5.76 Å². The summed E-state index contributed by atoms with van der Waals surface area (Å²) in [6.45, 7) is 0.405. The van der Waals surface area contributed by atoms with Crippen molar-refractivity contribution >= 4 is 23.3 Å². The highest BCUT2D eigenvalue weighted by molar-refractivity contribution is 6.33. The van der Waals surface area contributed by atoms with Crippen LogP contribution in [-0.4, -0.2) is 18.1 Å². The number of hydrogen-bond donors (Lipinski definition) is 1. The van der Waals surface area contributed by atoms with Crippen LogP contribution in [0.15, 0.2) is 35.0 Å². The number of ether oxygens (including phenoxy) is 1. The molecule has 94 valence electrons. The van der Waals surface area contributed by atoms with Crippen LogP contribution in [0.25, 0.3) is 0 Å². The Hall–Kier alpha value is -2.01. The molecule has 0 bridgehead atoms. The van der Waals surface area contributed by atoms with Crippen LogP contribution < -0.4 is 5.32 Å². The maximum atomic E-state index is 11.2. The minimum atomic E-state index is -0.499. The molecule has 0 saturated carbocycles. The number of aromatic nitrogens is 1. The zero-order valence-electron chi connectivity index (χ0n) is 9.64. The highest BCUT2D eigenvalue weighted by atomic mass is 35.5. The predicted molar refractivity (Wildman–Crippen MR) is 66.6 cm³/mol. The average molecular weight is 267 g/mol. The second kappa shape index (κ2) is 5.55. The Morgan fingerprint density at radius 2 is 2.33 bits per heavy atom. The quantitative estimate of drug-likeness (QED) is 0.862. The molecule has 2 aromatic rings. The number of carbonyl (C=O) groups is 1. The summed E-state index contributed by atoms with van der Waals surface area (Å²) in [5.41, 5.74) is 0.704. The lowest BCUT2D eigenvalue weighted by Crippen LogP contribution is -2.00. The first-order chi connectivity index (χ1) is 8.70. The topological polar surface area (TPSA) is 64.4 Å². The molecule has 0 aliphatic heterocycles. The van der Waals surface area contributed by atoms with Crippen molar-refractivity contribution in [3.63, 3.8) is 0 Å². The number of halogens is 1. The molecule has 5 nitrogen and oxygen atoms in total. The summed E-state index contributed by atoms with van der Waals surface area (Å²) in [5, 5.41) is 3.63. The lowest BCUT2D eigenvalue weighted by molar-refractivity contribution is 0.0563. The molecular formula is C12H11ClN2O3. The van der Waals surface area contributed by atoms with E-state index < -0.39 is 5.97 Å². The fourth-order valence-corrected chi connectivity index (χ4v) is 1.55. The maximum Gasteiger partial charge on any atom is 0.373 e. The Morgan fingerprint density at radius 1 is 1.50 bits per heavy atom. The van der Waals surface area contributed by atoms with Gasteiger partial charge >= 0.3 is 5.97 Å². The highest BCUT2D eigenvalue weighted by Gasteiger charge is 2.11. The molecule has 2 heterocycles. The van der Waals surface area contributed by atoms with Crippen LogP contribution in [0, 0.1) is 0 Å². The van der Waals surface area contributed by atoms with Gasteiger partial charge in [0.1, 0.15) is 5.76 Å². The van der Waals surface area contributed by atoms with Gasteiger partial charge in [-0.25, -0.2) is 4.79 Å². The van der Waals surface area contributed by atoms with Gasteiger partial charge in [0.2, 0.25) is 5.76 Å². The molecule has 0 unspecified atom stereocenters. The Balaban J connectivity index is 2.01. The monoisotopic (exact) mass is 266 g/mol. The van der Waals surface area contributed by atoms with Gasteiger partial charge in [0.05, 0.1) is 30.6 Å². The molecule has 0 atom stereocenters. The van der Waals surface area contributed by atoms with Crippen molar-refractivity contribution in [3.8, 4) is 0 Å². The zero-order chi connectivity index (χ0) is 13.0. The molecule has 6 heteroatoms. The van der Waals surface area contributed by atoms with E-state index in [4.69, 9.17) is 16.0 Å². The average Bonchev–Trinajstić information content (AvgIpc) is 2.86. The summed E-state index contributed by atoms with van der Waals surface area (Å²) in [6, 6.07) is 4.95. The number of rotatable bonds is 4. The molecule has 0 fully saturated rings. The lowest BCUT2D eigenvalue weighted by atomic mass is 10.4. The molecule has 0 saturated heterocycles. The van der Waals surface area contributed by atoms with Gasteiger partial charge in [-0.1, -0.05) is 11.6 Å². The number of furan rings is 1. The van der Waals surface area contributed by atoms with E-state index in [0.29, 0.717) is 23.0 Å². The van der Waals surface area contributed by atoms with E-state index in [1.807, 2.05) is 0 Å². The predicted octanol–water partition coefficient (Wildman–Crippen LogP) is 2.73. The fraction of sp³-hybridized carbons (Fsp3) is 0.167. The van der Waals surface area contributed by atoms with Crippen LogP contribution in [0.1, 0.15) is 16.3 Å². The van der Waals surface area contributed by atoms with Gasteiger partial charge < -0.3 is 14.5 Å². The summed E-state index contributed by atoms with van der Waals surface area (Å²) in [7, 11) is 1.30. The van der Waals surface area contributed by atoms with Crippen LogP contribution in [-0.2, 0) is 11.3 Å². The Bertz CT molecular complexity index is 554. The Morgan fingerprint density at radius 3 is 3.06 bits per heavy atom. The van der Waals surface area contributed by atoms with Crippen LogP contribution >= 0.6 is 11.6 Å². The smallest absolute Gasteiger partial charge is 0.373 e. The van der Waals surface area contributed by atoms with Gasteiger partial charge in [-0.2, -0.15) is 0 Å². The molecule has 0 aliphatic carbocycles. The molecule has 0 amide bonds. The van der Waals surface area contributed by atoms with E-state index in [0.717, 1.165) is 0 Å². The number of esters is 1. The van der Waals surface area contributed by atoms with Crippen molar-refractivity contribution in [1.29, 1.82) is 0 Å². The van der Waals surface area contributed by atoms with E-state index in [9.17, 15) is 4.79 Å². The molecule has 0 radical (unpaired) electrons. The van der Waals surface area contributed by atoms with Gasteiger partial charge in [0, 0.05) is 6.20 Å². The first-order valence-electron chi connectivity index (χ1n) is 5.21. The van der Waals surface area contributed by atoms with Crippen molar-refractivity contribution in [3.05, 3.63) is 47.1 Å². The molecule has 18 heavy (non-hydrogen) atoms. The Kier molecular flexibility index (Phi) is 3.84. The van der Waals surface area contributed by atoms with Gasteiger partial charge in [0.15, 0.2) is 0 Å². The molecule has 1 N–H and O–H groups in total. The number of pyridine rings is 1. The summed E-state index contributed by atoms with van der Waals surface area (Å²) >= 11 is 5.96. The summed E-state index contributed by atoms with van der Waals surface area (Å²) in [5.74, 6) is 0.280. The summed E-state index contributed by atoms with van der Waals surface area (Å²) < 4.78 is 9.84. The third-order valence-corrected chi connectivity index (χ3v) is 2.60. The molecule has 2 rings (SSSR count). The highest BCUT2D eigenvalue weighted by Crippen LogP contribution is 2.20. The normalized spacial score (nSPS) is 10.1. The third-order valence-electron chi connectivity index (χ3n) is 2.27. The number of hydrogen-bond acceptors (Lipinski definition) is 5.